The van der Waals surface area contributed by atoms with Crippen LogP contribution in [0.25, 0.3) is 22.6 Å². The second-order valence-electron chi connectivity index (χ2n) is 11.9. The van der Waals surface area contributed by atoms with Gasteiger partial charge in [0.15, 0.2) is 11.6 Å². The van der Waals surface area contributed by atoms with Crippen LogP contribution in [0.1, 0.15) is 37.8 Å². The number of aliphatic hydroxyl groups is 4. The first-order chi connectivity index (χ1) is 21.7. The maximum Gasteiger partial charge on any atom is 0.358 e. The summed E-state index contributed by atoms with van der Waals surface area (Å²) in [4.78, 5) is 52.3. The molecule has 0 radical (unpaired) electrons. The molecule has 2 aromatic carbocycles. The summed E-state index contributed by atoms with van der Waals surface area (Å²) in [7, 11) is 2.04. The molecule has 14 heteroatoms. The molecule has 46 heavy (non-hydrogen) atoms. The molecular weight excluding hydrogens is 608 g/mol. The van der Waals surface area contributed by atoms with Gasteiger partial charge in [0, 0.05) is 24.0 Å². The van der Waals surface area contributed by atoms with Gasteiger partial charge < -0.3 is 49.6 Å². The first-order valence-electron chi connectivity index (χ1n) is 14.3. The Morgan fingerprint density at radius 2 is 1.04 bits per heavy atom. The van der Waals surface area contributed by atoms with Crippen molar-refractivity contribution in [3.8, 4) is 34.1 Å². The monoisotopic (exact) mass is 638 g/mol. The van der Waals surface area contributed by atoms with E-state index < -0.39 is 104 Å². The van der Waals surface area contributed by atoms with Crippen LogP contribution >= 0.6 is 0 Å². The number of fused-ring (bicyclic) bond motifs is 4. The van der Waals surface area contributed by atoms with Gasteiger partial charge in [-0.1, -0.05) is 13.8 Å². The van der Waals surface area contributed by atoms with Crippen molar-refractivity contribution < 1.29 is 68.8 Å². The Hall–Kier alpha value is -5.08. The minimum Gasteiger partial charge on any atom is -0.506 e. The highest BCUT2D eigenvalue weighted by Crippen LogP contribution is 2.55. The average molecular weight is 639 g/mol. The molecule has 2 fully saturated rings. The van der Waals surface area contributed by atoms with Gasteiger partial charge in [-0.2, -0.15) is 0 Å². The van der Waals surface area contributed by atoms with Crippen LogP contribution in [0, 0.1) is 11.8 Å². The molecule has 3 unspecified atom stereocenters. The molecule has 0 bridgehead atoms. The molecule has 6 atom stereocenters. The lowest BCUT2D eigenvalue weighted by Crippen LogP contribution is -2.64. The number of esters is 2. The number of hydrogen-bond donors (Lipinski definition) is 6. The van der Waals surface area contributed by atoms with Crippen LogP contribution in [0.2, 0.25) is 0 Å². The molecule has 0 amide bonds. The van der Waals surface area contributed by atoms with Crippen molar-refractivity contribution in [2.45, 2.75) is 50.1 Å². The minimum atomic E-state index is -2.42. The highest BCUT2D eigenvalue weighted by molar-refractivity contribution is 6.14. The summed E-state index contributed by atoms with van der Waals surface area (Å²) in [6.07, 6.45) is -3.72. The highest BCUT2D eigenvalue weighted by Gasteiger charge is 2.64. The molecule has 0 aromatic heterocycles. The van der Waals surface area contributed by atoms with Crippen molar-refractivity contribution in [1.82, 2.24) is 0 Å². The lowest BCUT2D eigenvalue weighted by Gasteiger charge is -2.45. The number of benzene rings is 2. The van der Waals surface area contributed by atoms with Crippen molar-refractivity contribution in [3.05, 3.63) is 46.5 Å². The van der Waals surface area contributed by atoms with E-state index in [1.54, 1.807) is 0 Å². The van der Waals surface area contributed by atoms with Crippen LogP contribution < -0.4 is 9.47 Å². The van der Waals surface area contributed by atoms with E-state index in [1.807, 2.05) is 0 Å². The van der Waals surface area contributed by atoms with Crippen molar-refractivity contribution in [1.29, 1.82) is 0 Å². The quantitative estimate of drug-likeness (QED) is 0.264. The summed E-state index contributed by atoms with van der Waals surface area (Å²) in [6, 6.07) is 4.92. The smallest absolute Gasteiger partial charge is 0.358 e. The first kappa shape index (κ1) is 30.9. The molecule has 2 aliphatic carbocycles. The van der Waals surface area contributed by atoms with Crippen LogP contribution in [0.4, 0.5) is 0 Å². The van der Waals surface area contributed by atoms with Gasteiger partial charge in [0.1, 0.15) is 57.9 Å². The Balaban J connectivity index is 1.55. The number of carbonyl (C=O) groups is 4. The number of rotatable bonds is 3. The lowest BCUT2D eigenvalue weighted by molar-refractivity contribution is -0.173. The van der Waals surface area contributed by atoms with E-state index in [9.17, 15) is 49.8 Å². The number of methoxy groups -OCH3 is 2. The molecule has 2 saturated carbocycles. The summed E-state index contributed by atoms with van der Waals surface area (Å²) in [6.45, 7) is 3.04. The molecule has 6 N–H and O–H groups in total. The predicted octanol–water partition coefficient (Wildman–Crippen LogP) is 1.85. The predicted molar refractivity (Wildman–Crippen MR) is 155 cm³/mol. The summed E-state index contributed by atoms with van der Waals surface area (Å²) in [5.41, 5.74) is -7.25. The minimum absolute atomic E-state index is 0.163. The standard InChI is InChI=1S/C32H30O14/c1-11-9-15(33)21-25(37)19-17(45-31(21,27(11)39)29(41)43-3)7-5-13(23(19)35)14-6-8-18-20(24(14)36)26(38)22-16(34)10-12(2)28(40)32(22,46-18)30(42)44-4/h5-8,11-12,27-28,35-40H,9-10H2,1-4H3/t11-,12?,27?,28+,31?,32+/m0/s1. The third kappa shape index (κ3) is 3.70. The molecule has 6 rings (SSSR count). The van der Waals surface area contributed by atoms with E-state index >= 15 is 0 Å². The number of phenolic OH excluding ortho intramolecular Hbond substituents is 2. The number of Topliss-reactive ketones (excluding diaryl/α,β-unsaturated/α-hetero) is 2. The Morgan fingerprint density at radius 1 is 0.696 bits per heavy atom. The molecule has 0 saturated heterocycles. The van der Waals surface area contributed by atoms with Gasteiger partial charge in [-0.15, -0.1) is 0 Å². The fourth-order valence-corrected chi connectivity index (χ4v) is 7.00. The van der Waals surface area contributed by atoms with Crippen LogP contribution in [0.15, 0.2) is 35.4 Å². The summed E-state index contributed by atoms with van der Waals surface area (Å²) in [5, 5.41) is 67.7. The Kier molecular flexibility index (Phi) is 6.87. The number of ketones is 2. The topological polar surface area (TPSA) is 227 Å². The van der Waals surface area contributed by atoms with E-state index in [0.717, 1.165) is 14.2 Å². The van der Waals surface area contributed by atoms with E-state index in [-0.39, 0.29) is 35.5 Å². The van der Waals surface area contributed by atoms with E-state index in [4.69, 9.17) is 18.9 Å². The van der Waals surface area contributed by atoms with Crippen LogP contribution in [-0.4, -0.2) is 91.8 Å². The van der Waals surface area contributed by atoms with Gasteiger partial charge in [0.2, 0.25) is 0 Å². The Labute approximate surface area is 260 Å². The molecule has 0 spiro atoms. The first-order valence-corrected chi connectivity index (χ1v) is 14.3. The van der Waals surface area contributed by atoms with Gasteiger partial charge in [-0.3, -0.25) is 9.59 Å². The number of ether oxygens (including phenoxy) is 4. The van der Waals surface area contributed by atoms with Gasteiger partial charge in [0.25, 0.3) is 11.2 Å². The number of aromatic hydroxyl groups is 2. The zero-order valence-electron chi connectivity index (χ0n) is 25.0. The third-order valence-corrected chi connectivity index (χ3v) is 9.26. The summed E-state index contributed by atoms with van der Waals surface area (Å²) >= 11 is 0. The Morgan fingerprint density at radius 3 is 1.37 bits per heavy atom. The van der Waals surface area contributed by atoms with Crippen LogP contribution in [-0.2, 0) is 28.7 Å². The molecule has 2 heterocycles. The maximum absolute atomic E-state index is 13.2. The van der Waals surface area contributed by atoms with Gasteiger partial charge >= 0.3 is 11.9 Å². The Bertz CT molecular complexity index is 1690. The molecular formula is C32H30O14. The van der Waals surface area contributed by atoms with Crippen LogP contribution in [0.3, 0.4) is 0 Å². The van der Waals surface area contributed by atoms with Gasteiger partial charge in [-0.05, 0) is 36.1 Å². The number of aliphatic hydroxyl groups excluding tert-OH is 4. The van der Waals surface area contributed by atoms with E-state index in [0.29, 0.717) is 0 Å². The SMILES string of the molecule is COC(=O)C12Oc3ccc(-c4ccc5c(c4O)C(O)=C4C(=O)CC(C)[C@@H](O)[C@]4(C(=O)OC)O5)c(O)c3C(O)=C1C(=O)C[C@H](C)C2O. The zero-order valence-corrected chi connectivity index (χ0v) is 25.0. The fourth-order valence-electron chi connectivity index (χ4n) is 7.00. The summed E-state index contributed by atoms with van der Waals surface area (Å²) < 4.78 is 21.5. The van der Waals surface area contributed by atoms with Gasteiger partial charge in [-0.25, -0.2) is 9.59 Å². The van der Waals surface area contributed by atoms with Crippen LogP contribution in [0.5, 0.6) is 23.0 Å². The molecule has 4 aliphatic rings. The number of carbonyl (C=O) groups excluding carboxylic acids is 4. The molecule has 2 aromatic rings. The number of phenols is 2. The van der Waals surface area contributed by atoms with Crippen molar-refractivity contribution in [2.75, 3.05) is 14.2 Å². The van der Waals surface area contributed by atoms with Crippen molar-refractivity contribution >= 4 is 35.0 Å². The van der Waals surface area contributed by atoms with Crippen molar-refractivity contribution in [2.24, 2.45) is 11.8 Å². The molecule has 2 aliphatic heterocycles. The fraction of sp³-hybridized carbons (Fsp3) is 0.375. The largest absolute Gasteiger partial charge is 0.506 e. The van der Waals surface area contributed by atoms with E-state index in [1.165, 1.54) is 38.1 Å². The second kappa shape index (κ2) is 10.2. The third-order valence-electron chi connectivity index (χ3n) is 9.26. The lowest BCUT2D eigenvalue weighted by atomic mass is 9.69. The average Bonchev–Trinajstić information content (AvgIpc) is 3.01. The summed E-state index contributed by atoms with van der Waals surface area (Å²) in [5.74, 6) is -9.01. The molecule has 242 valence electrons. The zero-order chi connectivity index (χ0) is 33.6. The van der Waals surface area contributed by atoms with Crippen molar-refractivity contribution in [3.63, 3.8) is 0 Å². The highest BCUT2D eigenvalue weighted by atomic mass is 16.6. The van der Waals surface area contributed by atoms with Gasteiger partial charge in [0.05, 0.1) is 25.4 Å². The van der Waals surface area contributed by atoms with E-state index in [2.05, 4.69) is 0 Å². The molecule has 14 nitrogen and oxygen atoms in total. The number of hydrogen-bond acceptors (Lipinski definition) is 14. The normalized spacial score (nSPS) is 29.9. The maximum atomic E-state index is 13.2. The second-order valence-corrected chi connectivity index (χ2v) is 11.9.